The molecule has 1 aromatic carbocycles. The third-order valence-corrected chi connectivity index (χ3v) is 2.20. The van der Waals surface area contributed by atoms with E-state index in [1.54, 1.807) is 0 Å². The van der Waals surface area contributed by atoms with E-state index in [1.807, 2.05) is 41.2 Å². The molecule has 0 aliphatic carbocycles. The number of aryl methyl sites for hydroxylation is 1. The van der Waals surface area contributed by atoms with Gasteiger partial charge in [0.15, 0.2) is 0 Å². The van der Waals surface area contributed by atoms with Gasteiger partial charge in [0.1, 0.15) is 0 Å². The molecule has 0 atom stereocenters. The fourth-order valence-electron chi connectivity index (χ4n) is 1.53. The first-order valence-electron chi connectivity index (χ1n) is 4.69. The van der Waals surface area contributed by atoms with E-state index < -0.39 is 0 Å². The molecule has 72 valence electrons. The highest BCUT2D eigenvalue weighted by atomic mass is 15.3. The number of benzene rings is 1. The minimum Gasteiger partial charge on any atom is -0.399 e. The Hall–Kier alpha value is -1.77. The Morgan fingerprint density at radius 3 is 2.93 bits per heavy atom. The zero-order valence-electron chi connectivity index (χ0n) is 8.14. The first-order valence-corrected chi connectivity index (χ1v) is 4.69. The number of nitrogens with two attached hydrogens (primary N) is 1. The van der Waals surface area contributed by atoms with Gasteiger partial charge >= 0.3 is 0 Å². The molecule has 0 spiro atoms. The maximum Gasteiger partial charge on any atom is 0.0682 e. The van der Waals surface area contributed by atoms with E-state index in [2.05, 4.69) is 12.0 Å². The molecule has 0 bridgehead atoms. The summed E-state index contributed by atoms with van der Waals surface area (Å²) in [6.45, 7) is 2.94. The molecule has 3 nitrogen and oxygen atoms in total. The van der Waals surface area contributed by atoms with Crippen LogP contribution in [-0.4, -0.2) is 9.78 Å². The molecule has 14 heavy (non-hydrogen) atoms. The lowest BCUT2D eigenvalue weighted by atomic mass is 10.1. The predicted molar refractivity (Wildman–Crippen MR) is 57.7 cm³/mol. The SMILES string of the molecule is CCn1nccc1-c1cccc(N)c1. The molecule has 0 saturated carbocycles. The van der Waals surface area contributed by atoms with Gasteiger partial charge in [-0.1, -0.05) is 12.1 Å². The molecule has 1 heterocycles. The molecule has 2 aromatic rings. The highest BCUT2D eigenvalue weighted by Crippen LogP contribution is 2.20. The topological polar surface area (TPSA) is 43.8 Å². The van der Waals surface area contributed by atoms with Crippen LogP contribution < -0.4 is 5.73 Å². The molecule has 2 rings (SSSR count). The van der Waals surface area contributed by atoms with Crippen molar-refractivity contribution in [2.45, 2.75) is 13.5 Å². The van der Waals surface area contributed by atoms with Crippen molar-refractivity contribution in [3.63, 3.8) is 0 Å². The number of hydrogen-bond acceptors (Lipinski definition) is 2. The van der Waals surface area contributed by atoms with Gasteiger partial charge in [-0.25, -0.2) is 0 Å². The van der Waals surface area contributed by atoms with Gasteiger partial charge in [-0.3, -0.25) is 4.68 Å². The third kappa shape index (κ3) is 1.48. The zero-order chi connectivity index (χ0) is 9.97. The maximum atomic E-state index is 5.73. The number of hydrogen-bond donors (Lipinski definition) is 1. The number of aromatic nitrogens is 2. The molecule has 0 aliphatic heterocycles. The normalized spacial score (nSPS) is 10.4. The Kier molecular flexibility index (Phi) is 2.23. The standard InChI is InChI=1S/C11H13N3/c1-2-14-11(6-7-13-14)9-4-3-5-10(12)8-9/h3-8H,2,12H2,1H3. The van der Waals surface area contributed by atoms with Gasteiger partial charge in [-0.15, -0.1) is 0 Å². The summed E-state index contributed by atoms with van der Waals surface area (Å²) in [6, 6.07) is 9.84. The Balaban J connectivity index is 2.49. The molecular weight excluding hydrogens is 174 g/mol. The van der Waals surface area contributed by atoms with Gasteiger partial charge in [-0.2, -0.15) is 5.10 Å². The molecule has 0 amide bonds. The average Bonchev–Trinajstić information content (AvgIpc) is 2.65. The Morgan fingerprint density at radius 1 is 1.36 bits per heavy atom. The van der Waals surface area contributed by atoms with Crippen LogP contribution in [0.4, 0.5) is 5.69 Å². The molecule has 0 radical (unpaired) electrons. The van der Waals surface area contributed by atoms with Crippen molar-refractivity contribution in [3.8, 4) is 11.3 Å². The van der Waals surface area contributed by atoms with Crippen LogP contribution in [0.15, 0.2) is 36.5 Å². The molecule has 0 aliphatic rings. The first kappa shape index (κ1) is 8.81. The fraction of sp³-hybridized carbons (Fsp3) is 0.182. The largest absolute Gasteiger partial charge is 0.399 e. The van der Waals surface area contributed by atoms with Gasteiger partial charge < -0.3 is 5.73 Å². The lowest BCUT2D eigenvalue weighted by Gasteiger charge is -2.04. The van der Waals surface area contributed by atoms with Crippen molar-refractivity contribution < 1.29 is 0 Å². The van der Waals surface area contributed by atoms with Crippen LogP contribution in [0.5, 0.6) is 0 Å². The molecule has 2 N–H and O–H groups in total. The molecule has 0 unspecified atom stereocenters. The lowest BCUT2D eigenvalue weighted by molar-refractivity contribution is 0.667. The second kappa shape index (κ2) is 3.54. The van der Waals surface area contributed by atoms with Gasteiger partial charge in [0, 0.05) is 24.0 Å². The van der Waals surface area contributed by atoms with Crippen molar-refractivity contribution in [2.75, 3.05) is 5.73 Å². The van der Waals surface area contributed by atoms with Crippen LogP contribution in [0.1, 0.15) is 6.92 Å². The maximum absolute atomic E-state index is 5.73. The second-order valence-electron chi connectivity index (χ2n) is 3.16. The van der Waals surface area contributed by atoms with Crippen molar-refractivity contribution in [2.24, 2.45) is 0 Å². The minimum atomic E-state index is 0.784. The number of nitrogens with zero attached hydrogens (tertiary/aromatic N) is 2. The van der Waals surface area contributed by atoms with E-state index in [-0.39, 0.29) is 0 Å². The van der Waals surface area contributed by atoms with Gasteiger partial charge in [-0.05, 0) is 25.1 Å². The van der Waals surface area contributed by atoms with Crippen LogP contribution in [0.3, 0.4) is 0 Å². The molecule has 1 aromatic heterocycles. The van der Waals surface area contributed by atoms with Crippen LogP contribution in [0.2, 0.25) is 0 Å². The monoisotopic (exact) mass is 187 g/mol. The molecule has 0 saturated heterocycles. The Morgan fingerprint density at radius 2 is 2.21 bits per heavy atom. The summed E-state index contributed by atoms with van der Waals surface area (Å²) in [6.07, 6.45) is 1.81. The summed E-state index contributed by atoms with van der Waals surface area (Å²) in [5.74, 6) is 0. The molecule has 3 heteroatoms. The van der Waals surface area contributed by atoms with Gasteiger partial charge in [0.25, 0.3) is 0 Å². The van der Waals surface area contributed by atoms with E-state index in [4.69, 9.17) is 5.73 Å². The van der Waals surface area contributed by atoms with Gasteiger partial charge in [0.2, 0.25) is 0 Å². The van der Waals surface area contributed by atoms with Crippen LogP contribution in [0, 0.1) is 0 Å². The average molecular weight is 187 g/mol. The summed E-state index contributed by atoms with van der Waals surface area (Å²) < 4.78 is 1.95. The molecule has 0 fully saturated rings. The highest BCUT2D eigenvalue weighted by molar-refractivity contribution is 5.63. The summed E-state index contributed by atoms with van der Waals surface area (Å²) in [7, 11) is 0. The summed E-state index contributed by atoms with van der Waals surface area (Å²) in [5, 5.41) is 4.22. The van der Waals surface area contributed by atoms with Crippen LogP contribution in [-0.2, 0) is 6.54 Å². The second-order valence-corrected chi connectivity index (χ2v) is 3.16. The van der Waals surface area contributed by atoms with E-state index in [0.29, 0.717) is 0 Å². The minimum absolute atomic E-state index is 0.784. The summed E-state index contributed by atoms with van der Waals surface area (Å²) in [4.78, 5) is 0. The van der Waals surface area contributed by atoms with Crippen LogP contribution >= 0.6 is 0 Å². The molecular formula is C11H13N3. The Labute approximate surface area is 83.2 Å². The number of nitrogen functional groups attached to an aromatic ring is 1. The van der Waals surface area contributed by atoms with E-state index >= 15 is 0 Å². The quantitative estimate of drug-likeness (QED) is 0.732. The van der Waals surface area contributed by atoms with Crippen molar-refractivity contribution in [1.29, 1.82) is 0 Å². The van der Waals surface area contributed by atoms with Crippen LogP contribution in [0.25, 0.3) is 11.3 Å². The van der Waals surface area contributed by atoms with Gasteiger partial charge in [0.05, 0.1) is 5.69 Å². The summed E-state index contributed by atoms with van der Waals surface area (Å²) in [5.41, 5.74) is 8.74. The van der Waals surface area contributed by atoms with E-state index in [1.165, 1.54) is 0 Å². The highest BCUT2D eigenvalue weighted by Gasteiger charge is 2.03. The van der Waals surface area contributed by atoms with Crippen molar-refractivity contribution in [1.82, 2.24) is 9.78 Å². The Bertz CT molecular complexity index is 432. The first-order chi connectivity index (χ1) is 6.81. The number of anilines is 1. The van der Waals surface area contributed by atoms with Crippen molar-refractivity contribution >= 4 is 5.69 Å². The number of rotatable bonds is 2. The van der Waals surface area contributed by atoms with Crippen molar-refractivity contribution in [3.05, 3.63) is 36.5 Å². The summed E-state index contributed by atoms with van der Waals surface area (Å²) >= 11 is 0. The lowest BCUT2D eigenvalue weighted by Crippen LogP contribution is -1.98. The third-order valence-electron chi connectivity index (χ3n) is 2.20. The zero-order valence-corrected chi connectivity index (χ0v) is 8.14. The predicted octanol–water partition coefficient (Wildman–Crippen LogP) is 2.15. The van der Waals surface area contributed by atoms with E-state index in [0.717, 1.165) is 23.5 Å². The van der Waals surface area contributed by atoms with E-state index in [9.17, 15) is 0 Å². The smallest absolute Gasteiger partial charge is 0.0682 e. The fourth-order valence-corrected chi connectivity index (χ4v) is 1.53.